The maximum atomic E-state index is 10.9. The summed E-state index contributed by atoms with van der Waals surface area (Å²) in [5.41, 5.74) is 0. The van der Waals surface area contributed by atoms with Crippen molar-refractivity contribution in [1.82, 2.24) is 0 Å². The average Bonchev–Trinajstić information content (AvgIpc) is 2.34. The Morgan fingerprint density at radius 2 is 2.15 bits per heavy atom. The Balaban J connectivity index is 2.95. The highest BCUT2D eigenvalue weighted by Crippen LogP contribution is 2.32. The molecule has 0 spiro atoms. The third-order valence-corrected chi connectivity index (χ3v) is 3.15. The second kappa shape index (κ2) is 4.11. The molecule has 1 N–H and O–H groups in total. The maximum Gasteiger partial charge on any atom is 0.312 e. The normalized spacial score (nSPS) is 13.2. The first-order chi connectivity index (χ1) is 6.02. The van der Waals surface area contributed by atoms with Crippen LogP contribution in [0.15, 0.2) is 12.1 Å². The SMILES string of the molecule is CC(C)C(C(=O)O)c1ccc(Cl)s1. The minimum absolute atomic E-state index is 0.0900. The van der Waals surface area contributed by atoms with Crippen LogP contribution in [0, 0.1) is 5.92 Å². The van der Waals surface area contributed by atoms with Crippen LogP contribution in [-0.2, 0) is 4.79 Å². The van der Waals surface area contributed by atoms with Crippen molar-refractivity contribution in [1.29, 1.82) is 0 Å². The van der Waals surface area contributed by atoms with E-state index in [1.807, 2.05) is 13.8 Å². The first kappa shape index (κ1) is 10.5. The molecular weight excluding hydrogens is 208 g/mol. The van der Waals surface area contributed by atoms with Crippen LogP contribution >= 0.6 is 22.9 Å². The van der Waals surface area contributed by atoms with Crippen LogP contribution in [0.1, 0.15) is 24.6 Å². The molecule has 0 aliphatic heterocycles. The van der Waals surface area contributed by atoms with Gasteiger partial charge in [-0.3, -0.25) is 4.79 Å². The molecule has 0 aliphatic rings. The minimum Gasteiger partial charge on any atom is -0.481 e. The van der Waals surface area contributed by atoms with Crippen LogP contribution in [0.4, 0.5) is 0 Å². The zero-order valence-electron chi connectivity index (χ0n) is 7.45. The van der Waals surface area contributed by atoms with E-state index in [1.54, 1.807) is 12.1 Å². The number of aliphatic carboxylic acids is 1. The van der Waals surface area contributed by atoms with E-state index in [9.17, 15) is 4.79 Å². The van der Waals surface area contributed by atoms with Crippen LogP contribution in [0.3, 0.4) is 0 Å². The van der Waals surface area contributed by atoms with E-state index in [0.29, 0.717) is 4.34 Å². The zero-order valence-corrected chi connectivity index (χ0v) is 9.02. The Morgan fingerprint density at radius 1 is 1.54 bits per heavy atom. The Morgan fingerprint density at radius 3 is 2.46 bits per heavy atom. The largest absolute Gasteiger partial charge is 0.481 e. The molecule has 1 rings (SSSR count). The van der Waals surface area contributed by atoms with Crippen molar-refractivity contribution in [3.05, 3.63) is 21.3 Å². The van der Waals surface area contributed by atoms with Crippen molar-refractivity contribution in [2.75, 3.05) is 0 Å². The predicted molar refractivity (Wildman–Crippen MR) is 54.5 cm³/mol. The summed E-state index contributed by atoms with van der Waals surface area (Å²) in [6.07, 6.45) is 0. The summed E-state index contributed by atoms with van der Waals surface area (Å²) < 4.78 is 0.641. The lowest BCUT2D eigenvalue weighted by Crippen LogP contribution is -2.16. The fourth-order valence-electron chi connectivity index (χ4n) is 1.23. The van der Waals surface area contributed by atoms with Gasteiger partial charge in [-0.25, -0.2) is 0 Å². The number of hydrogen-bond acceptors (Lipinski definition) is 2. The number of carboxylic acid groups (broad SMARTS) is 1. The number of carbonyl (C=O) groups is 1. The maximum absolute atomic E-state index is 10.9. The second-order valence-electron chi connectivity index (χ2n) is 3.20. The van der Waals surface area contributed by atoms with Gasteiger partial charge in [0, 0.05) is 4.88 Å². The number of hydrogen-bond donors (Lipinski definition) is 1. The van der Waals surface area contributed by atoms with Gasteiger partial charge in [-0.05, 0) is 18.1 Å². The van der Waals surface area contributed by atoms with Gasteiger partial charge in [-0.15, -0.1) is 11.3 Å². The van der Waals surface area contributed by atoms with Gasteiger partial charge in [0.1, 0.15) is 0 Å². The van der Waals surface area contributed by atoms with Crippen LogP contribution in [0.25, 0.3) is 0 Å². The van der Waals surface area contributed by atoms with E-state index in [-0.39, 0.29) is 5.92 Å². The summed E-state index contributed by atoms with van der Waals surface area (Å²) in [5.74, 6) is -1.13. The van der Waals surface area contributed by atoms with Crippen molar-refractivity contribution >= 4 is 28.9 Å². The highest BCUT2D eigenvalue weighted by Gasteiger charge is 2.24. The van der Waals surface area contributed by atoms with Gasteiger partial charge in [0.25, 0.3) is 0 Å². The molecule has 1 heterocycles. The van der Waals surface area contributed by atoms with Crippen LogP contribution in [-0.4, -0.2) is 11.1 Å². The summed E-state index contributed by atoms with van der Waals surface area (Å²) in [4.78, 5) is 11.7. The lowest BCUT2D eigenvalue weighted by molar-refractivity contribution is -0.139. The lowest BCUT2D eigenvalue weighted by Gasteiger charge is -2.13. The first-order valence-electron chi connectivity index (χ1n) is 4.00. The number of rotatable bonds is 3. The lowest BCUT2D eigenvalue weighted by atomic mass is 9.95. The number of halogens is 1. The summed E-state index contributed by atoms with van der Waals surface area (Å²) in [6, 6.07) is 3.52. The van der Waals surface area contributed by atoms with Gasteiger partial charge < -0.3 is 5.11 Å². The van der Waals surface area contributed by atoms with Gasteiger partial charge in [0.05, 0.1) is 10.3 Å². The Hall–Kier alpha value is -0.540. The third kappa shape index (κ3) is 2.45. The molecule has 1 aromatic heterocycles. The highest BCUT2D eigenvalue weighted by atomic mass is 35.5. The van der Waals surface area contributed by atoms with Gasteiger partial charge in [0.15, 0.2) is 0 Å². The van der Waals surface area contributed by atoms with Gasteiger partial charge in [0.2, 0.25) is 0 Å². The first-order valence-corrected chi connectivity index (χ1v) is 5.20. The smallest absolute Gasteiger partial charge is 0.312 e. The molecule has 0 fully saturated rings. The Kier molecular flexibility index (Phi) is 3.33. The van der Waals surface area contributed by atoms with Crippen molar-refractivity contribution in [2.45, 2.75) is 19.8 Å². The second-order valence-corrected chi connectivity index (χ2v) is 4.95. The van der Waals surface area contributed by atoms with Gasteiger partial charge >= 0.3 is 5.97 Å². The minimum atomic E-state index is -0.784. The van der Waals surface area contributed by atoms with Gasteiger partial charge in [-0.1, -0.05) is 25.4 Å². The monoisotopic (exact) mass is 218 g/mol. The van der Waals surface area contributed by atoms with Crippen LogP contribution in [0.5, 0.6) is 0 Å². The fraction of sp³-hybridized carbons (Fsp3) is 0.444. The standard InChI is InChI=1S/C9H11ClO2S/c1-5(2)8(9(11)12)6-3-4-7(10)13-6/h3-5,8H,1-2H3,(H,11,12). The molecule has 2 nitrogen and oxygen atoms in total. The van der Waals surface area contributed by atoms with Crippen LogP contribution in [0.2, 0.25) is 4.34 Å². The van der Waals surface area contributed by atoms with Crippen molar-refractivity contribution < 1.29 is 9.90 Å². The van der Waals surface area contributed by atoms with Gasteiger partial charge in [-0.2, -0.15) is 0 Å². The summed E-state index contributed by atoms with van der Waals surface area (Å²) in [6.45, 7) is 3.79. The molecule has 0 saturated carbocycles. The summed E-state index contributed by atoms with van der Waals surface area (Å²) >= 11 is 7.08. The molecule has 1 atom stereocenters. The average molecular weight is 219 g/mol. The molecule has 4 heteroatoms. The summed E-state index contributed by atoms with van der Waals surface area (Å²) in [5, 5.41) is 8.97. The fourth-order valence-corrected chi connectivity index (χ4v) is 2.56. The molecule has 0 bridgehead atoms. The van der Waals surface area contributed by atoms with E-state index in [4.69, 9.17) is 16.7 Å². The van der Waals surface area contributed by atoms with Crippen LogP contribution < -0.4 is 0 Å². The molecule has 1 aromatic rings. The number of carboxylic acids is 1. The Labute approximate surface area is 86.2 Å². The Bertz CT molecular complexity index is 306. The molecular formula is C9H11ClO2S. The molecule has 72 valence electrons. The molecule has 0 aromatic carbocycles. The third-order valence-electron chi connectivity index (χ3n) is 1.83. The van der Waals surface area contributed by atoms with E-state index >= 15 is 0 Å². The van der Waals surface area contributed by atoms with E-state index in [0.717, 1.165) is 4.88 Å². The highest BCUT2D eigenvalue weighted by molar-refractivity contribution is 7.16. The molecule has 0 radical (unpaired) electrons. The van der Waals surface area contributed by atoms with Crippen molar-refractivity contribution in [3.63, 3.8) is 0 Å². The van der Waals surface area contributed by atoms with E-state index < -0.39 is 11.9 Å². The summed E-state index contributed by atoms with van der Waals surface area (Å²) in [7, 11) is 0. The molecule has 0 amide bonds. The topological polar surface area (TPSA) is 37.3 Å². The quantitative estimate of drug-likeness (QED) is 0.846. The molecule has 0 saturated heterocycles. The van der Waals surface area contributed by atoms with E-state index in [2.05, 4.69) is 0 Å². The predicted octanol–water partition coefficient (Wildman–Crippen LogP) is 3.23. The molecule has 1 unspecified atom stereocenters. The molecule has 13 heavy (non-hydrogen) atoms. The van der Waals surface area contributed by atoms with Crippen molar-refractivity contribution in [2.24, 2.45) is 5.92 Å². The zero-order chi connectivity index (χ0) is 10.0. The molecule has 0 aliphatic carbocycles. The van der Waals surface area contributed by atoms with Crippen molar-refractivity contribution in [3.8, 4) is 0 Å². The number of thiophene rings is 1. The van der Waals surface area contributed by atoms with E-state index in [1.165, 1.54) is 11.3 Å².